The zero-order valence-electron chi connectivity index (χ0n) is 6.85. The Morgan fingerprint density at radius 3 is 2.85 bits per heavy atom. The summed E-state index contributed by atoms with van der Waals surface area (Å²) in [6.07, 6.45) is 3.30. The summed E-state index contributed by atoms with van der Waals surface area (Å²) in [5.41, 5.74) is 0.876. The molecule has 4 nitrogen and oxygen atoms in total. The molecule has 0 radical (unpaired) electrons. The first-order valence-electron chi connectivity index (χ1n) is 3.89. The standard InChI is InChI=1S/C7H9ClN2O2S/c8-1-6-2-9-5-10(6)7-3-13(11,12)4-7/h2,5,7H,1,3-4H2. The van der Waals surface area contributed by atoms with E-state index < -0.39 is 9.84 Å². The molecule has 0 aliphatic carbocycles. The second-order valence-corrected chi connectivity index (χ2v) is 5.58. The monoisotopic (exact) mass is 220 g/mol. The molecule has 0 atom stereocenters. The first kappa shape index (κ1) is 9.02. The van der Waals surface area contributed by atoms with Crippen LogP contribution in [0.25, 0.3) is 0 Å². The summed E-state index contributed by atoms with van der Waals surface area (Å²) in [5, 5.41) is 0. The summed E-state index contributed by atoms with van der Waals surface area (Å²) in [7, 11) is -2.77. The van der Waals surface area contributed by atoms with Crippen molar-refractivity contribution in [1.82, 2.24) is 9.55 Å². The van der Waals surface area contributed by atoms with Crippen LogP contribution in [-0.4, -0.2) is 29.5 Å². The van der Waals surface area contributed by atoms with Gasteiger partial charge in [0, 0.05) is 6.20 Å². The van der Waals surface area contributed by atoms with Crippen molar-refractivity contribution in [1.29, 1.82) is 0 Å². The minimum Gasteiger partial charge on any atom is -0.328 e. The molecule has 1 aromatic rings. The summed E-state index contributed by atoms with van der Waals surface area (Å²) >= 11 is 5.66. The Labute approximate surface area is 81.5 Å². The maximum absolute atomic E-state index is 10.9. The van der Waals surface area contributed by atoms with Crippen molar-refractivity contribution in [3.63, 3.8) is 0 Å². The first-order valence-corrected chi connectivity index (χ1v) is 6.25. The average molecular weight is 221 g/mol. The van der Waals surface area contributed by atoms with Crippen LogP contribution in [0.3, 0.4) is 0 Å². The lowest BCUT2D eigenvalue weighted by molar-refractivity contribution is 0.500. The highest BCUT2D eigenvalue weighted by Gasteiger charge is 2.35. The minimum atomic E-state index is -2.77. The van der Waals surface area contributed by atoms with Crippen molar-refractivity contribution in [3.05, 3.63) is 18.2 Å². The Balaban J connectivity index is 2.19. The fourth-order valence-electron chi connectivity index (χ4n) is 1.46. The topological polar surface area (TPSA) is 52.0 Å². The van der Waals surface area contributed by atoms with Crippen molar-refractivity contribution < 1.29 is 8.42 Å². The Kier molecular flexibility index (Phi) is 2.08. The molecule has 1 aliphatic rings. The summed E-state index contributed by atoms with van der Waals surface area (Å²) in [4.78, 5) is 3.93. The lowest BCUT2D eigenvalue weighted by atomic mass is 10.3. The van der Waals surface area contributed by atoms with Gasteiger partial charge in [-0.15, -0.1) is 11.6 Å². The van der Waals surface area contributed by atoms with Gasteiger partial charge in [-0.1, -0.05) is 0 Å². The Hall–Kier alpha value is -0.550. The second kappa shape index (κ2) is 2.99. The summed E-state index contributed by atoms with van der Waals surface area (Å²) in [5.74, 6) is 0.803. The molecule has 0 N–H and O–H groups in total. The summed E-state index contributed by atoms with van der Waals surface area (Å²) < 4.78 is 23.7. The highest BCUT2D eigenvalue weighted by molar-refractivity contribution is 7.92. The lowest BCUT2D eigenvalue weighted by Gasteiger charge is -2.28. The van der Waals surface area contributed by atoms with Crippen LogP contribution in [0.4, 0.5) is 0 Å². The van der Waals surface area contributed by atoms with Crippen molar-refractivity contribution in [2.75, 3.05) is 11.5 Å². The molecule has 1 saturated heterocycles. The Morgan fingerprint density at radius 1 is 1.62 bits per heavy atom. The molecule has 1 aromatic heterocycles. The third kappa shape index (κ3) is 1.58. The van der Waals surface area contributed by atoms with Gasteiger partial charge in [0.25, 0.3) is 0 Å². The van der Waals surface area contributed by atoms with Gasteiger partial charge >= 0.3 is 0 Å². The third-order valence-corrected chi connectivity index (χ3v) is 4.23. The molecule has 0 unspecified atom stereocenters. The van der Waals surface area contributed by atoms with E-state index in [-0.39, 0.29) is 17.5 Å². The second-order valence-electron chi connectivity index (χ2n) is 3.16. The van der Waals surface area contributed by atoms with Gasteiger partial charge in [-0.2, -0.15) is 0 Å². The number of halogens is 1. The number of nitrogens with zero attached hydrogens (tertiary/aromatic N) is 2. The van der Waals surface area contributed by atoms with Crippen molar-refractivity contribution in [2.45, 2.75) is 11.9 Å². The van der Waals surface area contributed by atoms with Crippen LogP contribution in [0.2, 0.25) is 0 Å². The molecule has 0 spiro atoms. The van der Waals surface area contributed by atoms with Crippen molar-refractivity contribution >= 4 is 21.4 Å². The predicted molar refractivity (Wildman–Crippen MR) is 49.5 cm³/mol. The van der Waals surface area contributed by atoms with Crippen LogP contribution in [0.5, 0.6) is 0 Å². The Bertz CT molecular complexity index is 400. The predicted octanol–water partition coefficient (Wildman–Crippen LogP) is 0.591. The van der Waals surface area contributed by atoms with Crippen LogP contribution >= 0.6 is 11.6 Å². The normalized spacial score (nSPS) is 21.3. The number of sulfone groups is 1. The van der Waals surface area contributed by atoms with Gasteiger partial charge in [0.15, 0.2) is 9.84 Å². The fraction of sp³-hybridized carbons (Fsp3) is 0.571. The molecular weight excluding hydrogens is 212 g/mol. The summed E-state index contributed by atoms with van der Waals surface area (Å²) in [6, 6.07) is 0.0428. The van der Waals surface area contributed by atoms with Crippen LogP contribution < -0.4 is 0 Å². The lowest BCUT2D eigenvalue weighted by Crippen LogP contribution is -2.38. The summed E-state index contributed by atoms with van der Waals surface area (Å²) in [6.45, 7) is 0. The van der Waals surface area contributed by atoms with Gasteiger partial charge in [-0.3, -0.25) is 0 Å². The number of hydrogen-bond acceptors (Lipinski definition) is 3. The molecule has 2 heterocycles. The van der Waals surface area contributed by atoms with E-state index in [0.29, 0.717) is 5.88 Å². The molecule has 72 valence electrons. The molecule has 6 heteroatoms. The van der Waals surface area contributed by atoms with Gasteiger partial charge in [0.2, 0.25) is 0 Å². The van der Waals surface area contributed by atoms with E-state index in [9.17, 15) is 8.42 Å². The van der Waals surface area contributed by atoms with Gasteiger partial charge in [0.1, 0.15) is 0 Å². The van der Waals surface area contributed by atoms with Crippen molar-refractivity contribution in [3.8, 4) is 0 Å². The van der Waals surface area contributed by atoms with E-state index in [4.69, 9.17) is 11.6 Å². The number of imidazole rings is 1. The molecular formula is C7H9ClN2O2S. The molecule has 13 heavy (non-hydrogen) atoms. The smallest absolute Gasteiger partial charge is 0.154 e. The zero-order valence-corrected chi connectivity index (χ0v) is 8.42. The molecule has 0 saturated carbocycles. The maximum atomic E-state index is 10.9. The quantitative estimate of drug-likeness (QED) is 0.686. The molecule has 0 aromatic carbocycles. The van der Waals surface area contributed by atoms with E-state index in [1.54, 1.807) is 12.5 Å². The fourth-order valence-corrected chi connectivity index (χ4v) is 3.07. The Morgan fingerprint density at radius 2 is 2.31 bits per heavy atom. The van der Waals surface area contributed by atoms with E-state index in [0.717, 1.165) is 5.69 Å². The van der Waals surface area contributed by atoms with Gasteiger partial charge < -0.3 is 4.57 Å². The zero-order chi connectivity index (χ0) is 9.47. The maximum Gasteiger partial charge on any atom is 0.154 e. The van der Waals surface area contributed by atoms with Crippen LogP contribution in [0.1, 0.15) is 11.7 Å². The third-order valence-electron chi connectivity index (χ3n) is 2.17. The highest BCUT2D eigenvalue weighted by Crippen LogP contribution is 2.25. The minimum absolute atomic E-state index is 0.0428. The van der Waals surface area contributed by atoms with E-state index in [1.807, 2.05) is 4.57 Å². The van der Waals surface area contributed by atoms with Crippen LogP contribution in [0, 0.1) is 0 Å². The highest BCUT2D eigenvalue weighted by atomic mass is 35.5. The van der Waals surface area contributed by atoms with Crippen molar-refractivity contribution in [2.24, 2.45) is 0 Å². The van der Waals surface area contributed by atoms with E-state index in [1.165, 1.54) is 0 Å². The first-order chi connectivity index (χ1) is 6.12. The van der Waals surface area contributed by atoms with Gasteiger partial charge in [0.05, 0.1) is 35.4 Å². The molecule has 0 amide bonds. The van der Waals surface area contributed by atoms with Gasteiger partial charge in [-0.25, -0.2) is 13.4 Å². The van der Waals surface area contributed by atoms with E-state index >= 15 is 0 Å². The number of alkyl halides is 1. The largest absolute Gasteiger partial charge is 0.328 e. The average Bonchev–Trinajstić information content (AvgIpc) is 2.46. The van der Waals surface area contributed by atoms with Crippen LogP contribution in [-0.2, 0) is 15.7 Å². The number of hydrogen-bond donors (Lipinski definition) is 0. The van der Waals surface area contributed by atoms with Gasteiger partial charge in [-0.05, 0) is 0 Å². The SMILES string of the molecule is O=S1(=O)CC(n2cncc2CCl)C1. The van der Waals surface area contributed by atoms with Crippen LogP contribution in [0.15, 0.2) is 12.5 Å². The van der Waals surface area contributed by atoms with E-state index in [2.05, 4.69) is 4.98 Å². The number of rotatable bonds is 2. The molecule has 1 aliphatic heterocycles. The molecule has 1 fully saturated rings. The molecule has 2 rings (SSSR count). The number of aromatic nitrogens is 2. The molecule has 0 bridgehead atoms.